The summed E-state index contributed by atoms with van der Waals surface area (Å²) in [5, 5.41) is 19.6. The summed E-state index contributed by atoms with van der Waals surface area (Å²) in [4.78, 5) is 0. The maximum absolute atomic E-state index is 13.6. The van der Waals surface area contributed by atoms with Crippen LogP contribution in [0.15, 0.2) is 24.4 Å². The summed E-state index contributed by atoms with van der Waals surface area (Å²) in [6.45, 7) is 2.57. The molecular weight excluding hydrogens is 266 g/mol. The van der Waals surface area contributed by atoms with Crippen LogP contribution < -0.4 is 5.32 Å². The Bertz CT molecular complexity index is 573. The van der Waals surface area contributed by atoms with Crippen LogP contribution >= 0.6 is 0 Å². The van der Waals surface area contributed by atoms with Gasteiger partial charge in [-0.1, -0.05) is 11.3 Å². The Hall–Kier alpha value is -1.86. The molecule has 2 N–H and O–H groups in total. The van der Waals surface area contributed by atoms with Crippen molar-refractivity contribution in [1.82, 2.24) is 20.3 Å². The number of hydrogen-bond donors (Lipinski definition) is 2. The van der Waals surface area contributed by atoms with Crippen LogP contribution in [0.5, 0.6) is 0 Å². The van der Waals surface area contributed by atoms with Gasteiger partial charge in [-0.15, -0.1) is 5.10 Å². The van der Waals surface area contributed by atoms with Gasteiger partial charge in [0, 0.05) is 30.4 Å². The zero-order valence-electron chi connectivity index (χ0n) is 11.1. The molecule has 0 saturated heterocycles. The van der Waals surface area contributed by atoms with Crippen molar-refractivity contribution in [3.05, 3.63) is 47.3 Å². The van der Waals surface area contributed by atoms with E-state index in [0.29, 0.717) is 24.3 Å². The normalized spacial score (nSPS) is 12.6. The second kappa shape index (κ2) is 6.53. The van der Waals surface area contributed by atoms with E-state index in [1.165, 1.54) is 16.8 Å². The van der Waals surface area contributed by atoms with E-state index in [1.54, 1.807) is 13.1 Å². The molecule has 0 bridgehead atoms. The Morgan fingerprint density at radius 1 is 1.40 bits per heavy atom. The third kappa shape index (κ3) is 3.58. The number of aliphatic hydroxyl groups is 1. The van der Waals surface area contributed by atoms with Crippen LogP contribution in [0.1, 0.15) is 24.2 Å². The zero-order valence-corrected chi connectivity index (χ0v) is 11.1. The number of benzene rings is 1. The third-order valence-electron chi connectivity index (χ3n) is 2.93. The lowest BCUT2D eigenvalue weighted by Gasteiger charge is -2.14. The molecule has 7 heteroatoms. The molecule has 0 spiro atoms. The maximum atomic E-state index is 13.6. The molecule has 1 aromatic carbocycles. The van der Waals surface area contributed by atoms with Crippen LogP contribution in [-0.2, 0) is 13.1 Å². The Morgan fingerprint density at radius 2 is 2.20 bits per heavy atom. The van der Waals surface area contributed by atoms with E-state index >= 15 is 0 Å². The molecule has 0 aliphatic carbocycles. The molecule has 0 fully saturated rings. The fourth-order valence-corrected chi connectivity index (χ4v) is 1.85. The van der Waals surface area contributed by atoms with E-state index in [2.05, 4.69) is 15.6 Å². The van der Waals surface area contributed by atoms with Gasteiger partial charge in [-0.2, -0.15) is 0 Å². The van der Waals surface area contributed by atoms with Crippen molar-refractivity contribution in [1.29, 1.82) is 0 Å². The van der Waals surface area contributed by atoms with Gasteiger partial charge < -0.3 is 10.4 Å². The van der Waals surface area contributed by atoms with Crippen molar-refractivity contribution in [2.45, 2.75) is 26.1 Å². The van der Waals surface area contributed by atoms with E-state index in [0.717, 1.165) is 6.07 Å². The summed E-state index contributed by atoms with van der Waals surface area (Å²) < 4.78 is 28.0. The lowest BCUT2D eigenvalue weighted by atomic mass is 10.1. The highest BCUT2D eigenvalue weighted by molar-refractivity contribution is 5.21. The molecule has 0 saturated carbocycles. The number of halogens is 2. The fraction of sp³-hybridized carbons (Fsp3) is 0.385. The first-order valence-corrected chi connectivity index (χ1v) is 6.28. The Labute approximate surface area is 115 Å². The molecule has 0 amide bonds. The van der Waals surface area contributed by atoms with E-state index in [4.69, 9.17) is 5.11 Å². The first kappa shape index (κ1) is 14.5. The summed E-state index contributed by atoms with van der Waals surface area (Å²) in [6.07, 6.45) is 1.71. The number of nitrogens with one attached hydrogen (secondary N) is 1. The van der Waals surface area contributed by atoms with Crippen molar-refractivity contribution in [2.24, 2.45) is 0 Å². The summed E-state index contributed by atoms with van der Waals surface area (Å²) in [5.41, 5.74) is 1.09. The SMILES string of the molecule is CC(NCc1cn(CCO)nn1)c1ccc(F)cc1F. The molecule has 0 aliphatic heterocycles. The van der Waals surface area contributed by atoms with Crippen molar-refractivity contribution < 1.29 is 13.9 Å². The number of nitrogens with zero attached hydrogens (tertiary/aromatic N) is 3. The van der Waals surface area contributed by atoms with Gasteiger partial charge in [0.15, 0.2) is 0 Å². The zero-order chi connectivity index (χ0) is 14.5. The van der Waals surface area contributed by atoms with Crippen LogP contribution in [0.2, 0.25) is 0 Å². The van der Waals surface area contributed by atoms with Gasteiger partial charge in [0.25, 0.3) is 0 Å². The third-order valence-corrected chi connectivity index (χ3v) is 2.93. The first-order valence-electron chi connectivity index (χ1n) is 6.28. The van der Waals surface area contributed by atoms with Gasteiger partial charge in [-0.25, -0.2) is 13.5 Å². The van der Waals surface area contributed by atoms with Gasteiger partial charge in [-0.3, -0.25) is 0 Å². The average Bonchev–Trinajstić information content (AvgIpc) is 2.84. The highest BCUT2D eigenvalue weighted by atomic mass is 19.1. The van der Waals surface area contributed by atoms with Gasteiger partial charge in [0.1, 0.15) is 11.6 Å². The fourth-order valence-electron chi connectivity index (χ4n) is 1.85. The second-order valence-corrected chi connectivity index (χ2v) is 4.46. The van der Waals surface area contributed by atoms with Crippen molar-refractivity contribution >= 4 is 0 Å². The minimum Gasteiger partial charge on any atom is -0.394 e. The van der Waals surface area contributed by atoms with E-state index in [-0.39, 0.29) is 12.6 Å². The summed E-state index contributed by atoms with van der Waals surface area (Å²) in [6, 6.07) is 3.24. The number of aliphatic hydroxyl groups excluding tert-OH is 1. The molecule has 20 heavy (non-hydrogen) atoms. The lowest BCUT2D eigenvalue weighted by molar-refractivity contribution is 0.268. The number of aromatic nitrogens is 3. The number of rotatable bonds is 6. The minimum atomic E-state index is -0.592. The molecule has 5 nitrogen and oxygen atoms in total. The van der Waals surface area contributed by atoms with Crippen molar-refractivity contribution in [3.8, 4) is 0 Å². The molecule has 1 atom stereocenters. The van der Waals surface area contributed by atoms with Gasteiger partial charge in [-0.05, 0) is 13.0 Å². The molecule has 0 radical (unpaired) electrons. The Morgan fingerprint density at radius 3 is 2.90 bits per heavy atom. The smallest absolute Gasteiger partial charge is 0.130 e. The maximum Gasteiger partial charge on any atom is 0.130 e. The molecule has 0 aliphatic rings. The Balaban J connectivity index is 1.95. The molecule has 1 aromatic heterocycles. The predicted octanol–water partition coefficient (Wildman–Crippen LogP) is 1.40. The van der Waals surface area contributed by atoms with Crippen LogP contribution in [0.4, 0.5) is 8.78 Å². The quantitative estimate of drug-likeness (QED) is 0.840. The topological polar surface area (TPSA) is 63.0 Å². The monoisotopic (exact) mass is 282 g/mol. The van der Waals surface area contributed by atoms with E-state index in [9.17, 15) is 8.78 Å². The van der Waals surface area contributed by atoms with Gasteiger partial charge >= 0.3 is 0 Å². The highest BCUT2D eigenvalue weighted by Gasteiger charge is 2.12. The van der Waals surface area contributed by atoms with Crippen molar-refractivity contribution in [2.75, 3.05) is 6.61 Å². The van der Waals surface area contributed by atoms with Crippen molar-refractivity contribution in [3.63, 3.8) is 0 Å². The van der Waals surface area contributed by atoms with E-state index in [1.807, 2.05) is 0 Å². The summed E-state index contributed by atoms with van der Waals surface area (Å²) >= 11 is 0. The number of hydrogen-bond acceptors (Lipinski definition) is 4. The lowest BCUT2D eigenvalue weighted by Crippen LogP contribution is -2.19. The largest absolute Gasteiger partial charge is 0.394 e. The molecule has 1 heterocycles. The van der Waals surface area contributed by atoms with Crippen LogP contribution in [0.3, 0.4) is 0 Å². The van der Waals surface area contributed by atoms with Gasteiger partial charge in [0.2, 0.25) is 0 Å². The molecule has 1 unspecified atom stereocenters. The molecule has 2 aromatic rings. The summed E-state index contributed by atoms with van der Waals surface area (Å²) in [7, 11) is 0. The molecule has 2 rings (SSSR count). The predicted molar refractivity (Wildman–Crippen MR) is 68.7 cm³/mol. The van der Waals surface area contributed by atoms with Crippen LogP contribution in [-0.4, -0.2) is 26.7 Å². The molecule has 108 valence electrons. The second-order valence-electron chi connectivity index (χ2n) is 4.46. The van der Waals surface area contributed by atoms with E-state index < -0.39 is 11.6 Å². The van der Waals surface area contributed by atoms with Crippen LogP contribution in [0.25, 0.3) is 0 Å². The first-order chi connectivity index (χ1) is 9.60. The van der Waals surface area contributed by atoms with Gasteiger partial charge in [0.05, 0.1) is 18.8 Å². The van der Waals surface area contributed by atoms with Crippen LogP contribution in [0, 0.1) is 11.6 Å². The highest BCUT2D eigenvalue weighted by Crippen LogP contribution is 2.17. The summed E-state index contributed by atoms with van der Waals surface area (Å²) in [5.74, 6) is -1.17. The standard InChI is InChI=1S/C13H16F2N4O/c1-9(12-3-2-10(14)6-13(12)15)16-7-11-8-19(4-5-20)18-17-11/h2-3,6,8-9,16,20H,4-5,7H2,1H3. The average molecular weight is 282 g/mol. The Kier molecular flexibility index (Phi) is 4.75. The minimum absolute atomic E-state index is 0.00653. The molecular formula is C13H16F2N4O.